The Bertz CT molecular complexity index is 1110. The van der Waals surface area contributed by atoms with Crippen LogP contribution < -0.4 is 14.9 Å². The van der Waals surface area contributed by atoms with Gasteiger partial charge in [-0.3, -0.25) is 4.79 Å². The van der Waals surface area contributed by atoms with Crippen molar-refractivity contribution >= 4 is 17.1 Å². The quantitative estimate of drug-likeness (QED) is 0.397. The zero-order valence-electron chi connectivity index (χ0n) is 13.4. The van der Waals surface area contributed by atoms with Crippen molar-refractivity contribution in [1.82, 2.24) is 0 Å². The third kappa shape index (κ3) is 2.95. The summed E-state index contributed by atoms with van der Waals surface area (Å²) in [5, 5.41) is 0.283. The standard InChI is InChI=1S/C20H12O6/c21-17-14-9-4-5-10-15(14)25-18(16-11-6-12-23-16)19(17)26-20(22)24-13-7-2-1-3-8-13/h1-12H. The van der Waals surface area contributed by atoms with Gasteiger partial charge in [-0.1, -0.05) is 30.3 Å². The van der Waals surface area contributed by atoms with Crippen molar-refractivity contribution in [2.24, 2.45) is 0 Å². The largest absolute Gasteiger partial charge is 0.519 e. The number of benzene rings is 2. The van der Waals surface area contributed by atoms with E-state index in [1.807, 2.05) is 0 Å². The minimum atomic E-state index is -1.05. The number of hydrogen-bond donors (Lipinski definition) is 0. The fourth-order valence-corrected chi connectivity index (χ4v) is 2.48. The van der Waals surface area contributed by atoms with E-state index >= 15 is 0 Å². The Morgan fingerprint density at radius 1 is 0.846 bits per heavy atom. The van der Waals surface area contributed by atoms with E-state index in [2.05, 4.69) is 0 Å². The van der Waals surface area contributed by atoms with Crippen LogP contribution in [0.2, 0.25) is 0 Å². The number of carbonyl (C=O) groups excluding carboxylic acids is 1. The molecule has 0 N–H and O–H groups in total. The number of para-hydroxylation sites is 2. The lowest BCUT2D eigenvalue weighted by Gasteiger charge is -2.09. The Morgan fingerprint density at radius 2 is 1.62 bits per heavy atom. The van der Waals surface area contributed by atoms with Crippen LogP contribution in [0.15, 0.2) is 86.6 Å². The first kappa shape index (κ1) is 15.7. The minimum Gasteiger partial charge on any atom is -0.461 e. The van der Waals surface area contributed by atoms with Crippen molar-refractivity contribution in [1.29, 1.82) is 0 Å². The molecule has 0 saturated carbocycles. The van der Waals surface area contributed by atoms with E-state index in [-0.39, 0.29) is 22.7 Å². The molecule has 0 aliphatic rings. The monoisotopic (exact) mass is 348 g/mol. The van der Waals surface area contributed by atoms with Crippen molar-refractivity contribution in [2.75, 3.05) is 0 Å². The van der Waals surface area contributed by atoms with Crippen LogP contribution in [0.3, 0.4) is 0 Å². The molecule has 26 heavy (non-hydrogen) atoms. The first-order valence-electron chi connectivity index (χ1n) is 7.77. The summed E-state index contributed by atoms with van der Waals surface area (Å²) in [4.78, 5) is 24.9. The van der Waals surface area contributed by atoms with E-state index in [1.165, 1.54) is 6.26 Å². The first-order chi connectivity index (χ1) is 12.7. The lowest BCUT2D eigenvalue weighted by atomic mass is 10.2. The predicted molar refractivity (Wildman–Crippen MR) is 93.3 cm³/mol. The Hall–Kier alpha value is -3.80. The molecule has 0 unspecified atom stereocenters. The number of ether oxygens (including phenoxy) is 2. The minimum absolute atomic E-state index is 0.0173. The van der Waals surface area contributed by atoms with Gasteiger partial charge in [0.05, 0.1) is 11.6 Å². The van der Waals surface area contributed by atoms with Gasteiger partial charge in [0.15, 0.2) is 5.76 Å². The molecule has 2 aromatic heterocycles. The fourth-order valence-electron chi connectivity index (χ4n) is 2.48. The maximum Gasteiger partial charge on any atom is 0.519 e. The van der Waals surface area contributed by atoms with Gasteiger partial charge >= 0.3 is 6.16 Å². The third-order valence-electron chi connectivity index (χ3n) is 3.63. The van der Waals surface area contributed by atoms with Crippen LogP contribution in [0.25, 0.3) is 22.5 Å². The molecular weight excluding hydrogens is 336 g/mol. The Balaban J connectivity index is 1.77. The molecule has 2 heterocycles. The highest BCUT2D eigenvalue weighted by Crippen LogP contribution is 2.31. The summed E-state index contributed by atoms with van der Waals surface area (Å²) in [6, 6.07) is 18.3. The van der Waals surface area contributed by atoms with Crippen LogP contribution >= 0.6 is 0 Å². The molecule has 128 valence electrons. The summed E-state index contributed by atoms with van der Waals surface area (Å²) < 4.78 is 21.3. The lowest BCUT2D eigenvalue weighted by molar-refractivity contribution is 0.151. The zero-order valence-corrected chi connectivity index (χ0v) is 13.4. The molecule has 0 radical (unpaired) electrons. The Kier molecular flexibility index (Phi) is 3.99. The summed E-state index contributed by atoms with van der Waals surface area (Å²) in [5.74, 6) is 0.279. The fraction of sp³-hybridized carbons (Fsp3) is 0. The van der Waals surface area contributed by atoms with Gasteiger partial charge in [-0.15, -0.1) is 0 Å². The van der Waals surface area contributed by atoms with Gasteiger partial charge < -0.3 is 18.3 Å². The molecule has 2 aromatic carbocycles. The molecule has 0 bridgehead atoms. The molecule has 6 heteroatoms. The van der Waals surface area contributed by atoms with Gasteiger partial charge in [0.1, 0.15) is 11.3 Å². The summed E-state index contributed by atoms with van der Waals surface area (Å²) in [5.41, 5.74) is -0.143. The smallest absolute Gasteiger partial charge is 0.461 e. The van der Waals surface area contributed by atoms with Crippen LogP contribution in [-0.4, -0.2) is 6.16 Å². The van der Waals surface area contributed by atoms with Crippen LogP contribution in [0, 0.1) is 0 Å². The molecule has 0 aliphatic heterocycles. The van der Waals surface area contributed by atoms with E-state index < -0.39 is 11.6 Å². The number of rotatable bonds is 3. The van der Waals surface area contributed by atoms with Crippen molar-refractivity contribution in [3.8, 4) is 23.0 Å². The molecule has 0 atom stereocenters. The zero-order chi connectivity index (χ0) is 17.9. The molecule has 0 fully saturated rings. The summed E-state index contributed by atoms with van der Waals surface area (Å²) in [6.07, 6.45) is 0.378. The van der Waals surface area contributed by atoms with Gasteiger partial charge in [0.2, 0.25) is 16.9 Å². The number of fused-ring (bicyclic) bond motifs is 1. The molecule has 0 amide bonds. The van der Waals surface area contributed by atoms with Gasteiger partial charge in [0, 0.05) is 0 Å². The highest BCUT2D eigenvalue weighted by atomic mass is 16.7. The third-order valence-corrected chi connectivity index (χ3v) is 3.63. The van der Waals surface area contributed by atoms with E-state index in [0.29, 0.717) is 11.3 Å². The molecular formula is C20H12O6. The van der Waals surface area contributed by atoms with Crippen molar-refractivity contribution in [3.63, 3.8) is 0 Å². The van der Waals surface area contributed by atoms with Crippen molar-refractivity contribution in [3.05, 3.63) is 83.2 Å². The molecule has 4 aromatic rings. The molecule has 0 spiro atoms. The second-order valence-corrected chi connectivity index (χ2v) is 5.33. The number of carbonyl (C=O) groups is 1. The normalized spacial score (nSPS) is 10.6. The van der Waals surface area contributed by atoms with Crippen LogP contribution in [0.5, 0.6) is 11.5 Å². The van der Waals surface area contributed by atoms with Crippen molar-refractivity contribution < 1.29 is 23.1 Å². The van der Waals surface area contributed by atoms with Crippen LogP contribution in [0.1, 0.15) is 0 Å². The maximum atomic E-state index is 12.8. The SMILES string of the molecule is O=C(Oc1ccccc1)Oc1c(-c2ccco2)oc2ccccc2c1=O. The second-order valence-electron chi connectivity index (χ2n) is 5.33. The van der Waals surface area contributed by atoms with Gasteiger partial charge in [0.25, 0.3) is 0 Å². The van der Waals surface area contributed by atoms with Crippen LogP contribution in [0.4, 0.5) is 4.79 Å². The topological polar surface area (TPSA) is 78.9 Å². The highest BCUT2D eigenvalue weighted by Gasteiger charge is 2.23. The lowest BCUT2D eigenvalue weighted by Crippen LogP contribution is -2.19. The average molecular weight is 348 g/mol. The van der Waals surface area contributed by atoms with Gasteiger partial charge in [-0.05, 0) is 36.4 Å². The Labute approximate surface area is 147 Å². The van der Waals surface area contributed by atoms with E-state index in [9.17, 15) is 9.59 Å². The van der Waals surface area contributed by atoms with Crippen molar-refractivity contribution in [2.45, 2.75) is 0 Å². The van der Waals surface area contributed by atoms with E-state index in [1.54, 1.807) is 66.7 Å². The average Bonchev–Trinajstić information content (AvgIpc) is 3.19. The van der Waals surface area contributed by atoms with E-state index in [4.69, 9.17) is 18.3 Å². The molecule has 4 rings (SSSR count). The maximum absolute atomic E-state index is 12.8. The molecule has 0 aliphatic carbocycles. The summed E-state index contributed by atoms with van der Waals surface area (Å²) >= 11 is 0. The second kappa shape index (κ2) is 6.60. The summed E-state index contributed by atoms with van der Waals surface area (Å²) in [7, 11) is 0. The van der Waals surface area contributed by atoms with E-state index in [0.717, 1.165) is 0 Å². The van der Waals surface area contributed by atoms with Gasteiger partial charge in [-0.25, -0.2) is 4.79 Å². The highest BCUT2D eigenvalue weighted by molar-refractivity contribution is 5.82. The number of hydrogen-bond acceptors (Lipinski definition) is 6. The molecule has 0 saturated heterocycles. The number of furan rings is 1. The summed E-state index contributed by atoms with van der Waals surface area (Å²) in [6.45, 7) is 0. The first-order valence-corrected chi connectivity index (χ1v) is 7.77. The van der Waals surface area contributed by atoms with Gasteiger partial charge in [-0.2, -0.15) is 0 Å². The van der Waals surface area contributed by atoms with Crippen LogP contribution in [-0.2, 0) is 0 Å². The molecule has 6 nitrogen and oxygen atoms in total. The predicted octanol–water partition coefficient (Wildman–Crippen LogP) is 4.63. The Morgan fingerprint density at radius 3 is 2.38 bits per heavy atom.